The molecule has 0 saturated carbocycles. The fraction of sp³-hybridized carbons (Fsp3) is 0.500. The van der Waals surface area contributed by atoms with Gasteiger partial charge in [0.25, 0.3) is 5.91 Å². The summed E-state index contributed by atoms with van der Waals surface area (Å²) in [5, 5.41) is 8.78. The molecule has 0 spiro atoms. The Morgan fingerprint density at radius 3 is 2.79 bits per heavy atom. The van der Waals surface area contributed by atoms with Gasteiger partial charge in [0.15, 0.2) is 0 Å². The Labute approximate surface area is 112 Å². The molecule has 1 aliphatic rings. The Morgan fingerprint density at radius 1 is 1.37 bits per heavy atom. The first kappa shape index (κ1) is 13.5. The largest absolute Gasteiger partial charge is 0.477 e. The molecule has 0 radical (unpaired) electrons. The number of carbonyl (C=O) groups excluding carboxylic acids is 1. The molecule has 1 saturated heterocycles. The van der Waals surface area contributed by atoms with Crippen LogP contribution in [0.1, 0.15) is 47.0 Å². The van der Waals surface area contributed by atoms with Gasteiger partial charge in [-0.25, -0.2) is 9.78 Å². The van der Waals surface area contributed by atoms with Gasteiger partial charge in [-0.3, -0.25) is 4.79 Å². The maximum Gasteiger partial charge on any atom is 0.354 e. The number of carbonyl (C=O) groups is 2. The van der Waals surface area contributed by atoms with Crippen LogP contribution in [0.3, 0.4) is 0 Å². The highest BCUT2D eigenvalue weighted by atomic mass is 16.4. The normalized spacial score (nSPS) is 19.8. The summed E-state index contributed by atoms with van der Waals surface area (Å²) in [7, 11) is 0. The lowest BCUT2D eigenvalue weighted by atomic mass is 10.1. The number of pyridine rings is 1. The summed E-state index contributed by atoms with van der Waals surface area (Å²) in [6, 6.07) is 2.91. The van der Waals surface area contributed by atoms with Crippen molar-refractivity contribution >= 4 is 11.9 Å². The van der Waals surface area contributed by atoms with Gasteiger partial charge in [-0.2, -0.15) is 0 Å². The minimum absolute atomic E-state index is 0.0409. The van der Waals surface area contributed by atoms with Crippen molar-refractivity contribution in [2.75, 3.05) is 13.1 Å². The highest BCUT2D eigenvalue weighted by Crippen LogP contribution is 2.17. The van der Waals surface area contributed by atoms with Gasteiger partial charge in [0.1, 0.15) is 5.69 Å². The Kier molecular flexibility index (Phi) is 4.14. The standard InChI is InChI=1S/C14H18N2O3/c1-10-4-2-3-7-16(9-10)13(17)11-5-6-12(14(18)19)15-8-11/h5-6,8,10H,2-4,7,9H2,1H3,(H,18,19). The molecule has 5 nitrogen and oxygen atoms in total. The van der Waals surface area contributed by atoms with Gasteiger partial charge in [-0.1, -0.05) is 13.3 Å². The van der Waals surface area contributed by atoms with E-state index >= 15 is 0 Å². The van der Waals surface area contributed by atoms with Crippen molar-refractivity contribution in [1.82, 2.24) is 9.88 Å². The molecule has 5 heteroatoms. The van der Waals surface area contributed by atoms with Crippen LogP contribution in [0.15, 0.2) is 18.3 Å². The molecule has 0 aliphatic carbocycles. The van der Waals surface area contributed by atoms with E-state index in [2.05, 4.69) is 11.9 Å². The molecule has 1 aromatic heterocycles. The predicted octanol–water partition coefficient (Wildman–Crippen LogP) is 2.04. The average Bonchev–Trinajstić information content (AvgIpc) is 2.62. The molecule has 0 aromatic carbocycles. The second-order valence-electron chi connectivity index (χ2n) is 5.09. The number of hydrogen-bond donors (Lipinski definition) is 1. The minimum atomic E-state index is -1.08. The predicted molar refractivity (Wildman–Crippen MR) is 70.1 cm³/mol. The number of likely N-dealkylation sites (tertiary alicyclic amines) is 1. The first-order chi connectivity index (χ1) is 9.08. The van der Waals surface area contributed by atoms with Crippen LogP contribution in [0, 0.1) is 5.92 Å². The zero-order valence-corrected chi connectivity index (χ0v) is 11.0. The number of aromatic carboxylic acids is 1. The van der Waals surface area contributed by atoms with Gasteiger partial charge in [0.05, 0.1) is 5.56 Å². The summed E-state index contributed by atoms with van der Waals surface area (Å²) in [6.07, 6.45) is 4.68. The Bertz CT molecular complexity index is 470. The summed E-state index contributed by atoms with van der Waals surface area (Å²) in [4.78, 5) is 28.7. The minimum Gasteiger partial charge on any atom is -0.477 e. The number of aromatic nitrogens is 1. The van der Waals surface area contributed by atoms with Crippen molar-refractivity contribution in [3.05, 3.63) is 29.6 Å². The molecular formula is C14H18N2O3. The highest BCUT2D eigenvalue weighted by molar-refractivity contribution is 5.94. The Morgan fingerprint density at radius 2 is 2.16 bits per heavy atom. The van der Waals surface area contributed by atoms with Gasteiger partial charge in [0.2, 0.25) is 0 Å². The van der Waals surface area contributed by atoms with Crippen LogP contribution in [0.2, 0.25) is 0 Å². The number of carboxylic acid groups (broad SMARTS) is 1. The molecule has 1 unspecified atom stereocenters. The fourth-order valence-electron chi connectivity index (χ4n) is 2.37. The van der Waals surface area contributed by atoms with Crippen LogP contribution in [-0.2, 0) is 0 Å². The van der Waals surface area contributed by atoms with Crippen LogP contribution in [0.25, 0.3) is 0 Å². The highest BCUT2D eigenvalue weighted by Gasteiger charge is 2.21. The second kappa shape index (κ2) is 5.82. The zero-order valence-electron chi connectivity index (χ0n) is 11.0. The molecule has 2 heterocycles. The quantitative estimate of drug-likeness (QED) is 0.885. The van der Waals surface area contributed by atoms with E-state index in [1.807, 2.05) is 4.90 Å². The van der Waals surface area contributed by atoms with Crippen molar-refractivity contribution in [3.63, 3.8) is 0 Å². The molecule has 102 valence electrons. The smallest absolute Gasteiger partial charge is 0.354 e. The van der Waals surface area contributed by atoms with Gasteiger partial charge in [-0.05, 0) is 30.9 Å². The van der Waals surface area contributed by atoms with E-state index in [1.165, 1.54) is 18.3 Å². The lowest BCUT2D eigenvalue weighted by Gasteiger charge is -2.22. The van der Waals surface area contributed by atoms with Crippen LogP contribution in [0.4, 0.5) is 0 Å². The van der Waals surface area contributed by atoms with Crippen molar-refractivity contribution in [2.45, 2.75) is 26.2 Å². The number of carboxylic acids is 1. The number of nitrogens with zero attached hydrogens (tertiary/aromatic N) is 2. The first-order valence-electron chi connectivity index (χ1n) is 6.56. The Hall–Kier alpha value is -1.91. The zero-order chi connectivity index (χ0) is 13.8. The van der Waals surface area contributed by atoms with Gasteiger partial charge >= 0.3 is 5.97 Å². The molecule has 1 aromatic rings. The summed E-state index contributed by atoms with van der Waals surface area (Å²) in [5.74, 6) is -0.627. The molecule has 19 heavy (non-hydrogen) atoms. The lowest BCUT2D eigenvalue weighted by molar-refractivity contribution is 0.0686. The van der Waals surface area contributed by atoms with Crippen molar-refractivity contribution in [2.24, 2.45) is 5.92 Å². The second-order valence-corrected chi connectivity index (χ2v) is 5.09. The molecule has 1 amide bonds. The topological polar surface area (TPSA) is 70.5 Å². The maximum absolute atomic E-state index is 12.3. The van der Waals surface area contributed by atoms with E-state index in [9.17, 15) is 9.59 Å². The maximum atomic E-state index is 12.3. The third-order valence-electron chi connectivity index (χ3n) is 3.42. The lowest BCUT2D eigenvalue weighted by Crippen LogP contribution is -2.34. The number of hydrogen-bond acceptors (Lipinski definition) is 3. The molecule has 1 fully saturated rings. The summed E-state index contributed by atoms with van der Waals surface area (Å²) >= 11 is 0. The molecular weight excluding hydrogens is 244 g/mol. The van der Waals surface area contributed by atoms with E-state index < -0.39 is 5.97 Å². The monoisotopic (exact) mass is 262 g/mol. The molecule has 2 rings (SSSR count). The first-order valence-corrected chi connectivity index (χ1v) is 6.56. The third-order valence-corrected chi connectivity index (χ3v) is 3.42. The number of amides is 1. The van der Waals surface area contributed by atoms with Crippen molar-refractivity contribution in [1.29, 1.82) is 0 Å². The Balaban J connectivity index is 2.11. The number of rotatable bonds is 2. The van der Waals surface area contributed by atoms with Gasteiger partial charge in [-0.15, -0.1) is 0 Å². The van der Waals surface area contributed by atoms with E-state index in [1.54, 1.807) is 0 Å². The molecule has 0 bridgehead atoms. The SMILES string of the molecule is CC1CCCCN(C(=O)c2ccc(C(=O)O)nc2)C1. The van der Waals surface area contributed by atoms with Crippen LogP contribution in [0.5, 0.6) is 0 Å². The van der Waals surface area contributed by atoms with E-state index in [4.69, 9.17) is 5.11 Å². The molecule has 1 atom stereocenters. The van der Waals surface area contributed by atoms with Crippen molar-refractivity contribution in [3.8, 4) is 0 Å². The van der Waals surface area contributed by atoms with Gasteiger partial charge < -0.3 is 10.0 Å². The molecule has 1 N–H and O–H groups in total. The summed E-state index contributed by atoms with van der Waals surface area (Å²) in [5.41, 5.74) is 0.417. The average molecular weight is 262 g/mol. The van der Waals surface area contributed by atoms with Crippen LogP contribution in [-0.4, -0.2) is 40.0 Å². The third kappa shape index (κ3) is 3.30. The van der Waals surface area contributed by atoms with E-state index in [0.29, 0.717) is 11.5 Å². The molecule has 1 aliphatic heterocycles. The van der Waals surface area contributed by atoms with E-state index in [0.717, 1.165) is 32.4 Å². The fourth-order valence-corrected chi connectivity index (χ4v) is 2.37. The van der Waals surface area contributed by atoms with Crippen LogP contribution < -0.4 is 0 Å². The van der Waals surface area contributed by atoms with Gasteiger partial charge in [0, 0.05) is 19.3 Å². The van der Waals surface area contributed by atoms with Crippen molar-refractivity contribution < 1.29 is 14.7 Å². The van der Waals surface area contributed by atoms with Crippen LogP contribution >= 0.6 is 0 Å². The summed E-state index contributed by atoms with van der Waals surface area (Å²) in [6.45, 7) is 3.68. The van der Waals surface area contributed by atoms with E-state index in [-0.39, 0.29) is 11.6 Å². The summed E-state index contributed by atoms with van der Waals surface area (Å²) < 4.78 is 0.